The third-order valence-corrected chi connectivity index (χ3v) is 24.6. The molecule has 0 radical (unpaired) electrons. The number of benzene rings is 1. The largest absolute Gasteiger partial charge is 0.478 e. The highest BCUT2D eigenvalue weighted by molar-refractivity contribution is 6.74. The lowest BCUT2D eigenvalue weighted by Crippen LogP contribution is -2.49. The molecule has 1 aromatic carbocycles. The van der Waals surface area contributed by atoms with Gasteiger partial charge in [0.15, 0.2) is 22.5 Å². The molecule has 4 fully saturated rings. The molecule has 5 aliphatic rings. The Morgan fingerprint density at radius 2 is 1.58 bits per heavy atom. The third kappa shape index (κ3) is 8.72. The summed E-state index contributed by atoms with van der Waals surface area (Å²) in [7, 11) is -3.98. The minimum Gasteiger partial charge on any atom is -0.478 e. The van der Waals surface area contributed by atoms with Gasteiger partial charge in [0.25, 0.3) is 0 Å². The van der Waals surface area contributed by atoms with Crippen LogP contribution in [0.15, 0.2) is 82.9 Å². The van der Waals surface area contributed by atoms with E-state index in [-0.39, 0.29) is 39.2 Å². The van der Waals surface area contributed by atoms with Gasteiger partial charge in [0.1, 0.15) is 12.6 Å². The van der Waals surface area contributed by atoms with Gasteiger partial charge in [0.05, 0.1) is 23.7 Å². The first kappa shape index (κ1) is 42.6. The molecule has 6 rings (SSSR count). The molecular weight excluding hydrogens is 711 g/mol. The van der Waals surface area contributed by atoms with Crippen molar-refractivity contribution in [1.29, 1.82) is 0 Å². The predicted molar refractivity (Wildman–Crippen MR) is 235 cm³/mol. The fraction of sp³-hybridized carbons (Fsp3) is 0.688. The van der Waals surface area contributed by atoms with Gasteiger partial charge in [-0.05, 0) is 128 Å². The van der Waals surface area contributed by atoms with Gasteiger partial charge in [-0.25, -0.2) is 4.99 Å². The molecule has 1 aliphatic heterocycles. The van der Waals surface area contributed by atoms with E-state index in [1.165, 1.54) is 43.2 Å². The monoisotopic (exact) mass is 786 g/mol. The Morgan fingerprint density at radius 1 is 0.927 bits per heavy atom. The van der Waals surface area contributed by atoms with Crippen molar-refractivity contribution in [1.82, 2.24) is 0 Å². The summed E-state index contributed by atoms with van der Waals surface area (Å²) in [6.07, 6.45) is 18.7. The highest BCUT2D eigenvalue weighted by atomic mass is 28.4. The van der Waals surface area contributed by atoms with Gasteiger partial charge in [-0.15, -0.1) is 0 Å². The van der Waals surface area contributed by atoms with Crippen molar-refractivity contribution in [2.75, 3.05) is 6.61 Å². The summed E-state index contributed by atoms with van der Waals surface area (Å²) < 4.78 is 20.4. The Bertz CT molecular complexity index is 1670. The van der Waals surface area contributed by atoms with Crippen LogP contribution in [0.1, 0.15) is 125 Å². The number of nitrogens with zero attached hydrogens (tertiary/aromatic N) is 1. The van der Waals surface area contributed by atoms with E-state index in [1.807, 2.05) is 6.07 Å². The second-order valence-corrected chi connectivity index (χ2v) is 30.9. The maximum absolute atomic E-state index is 11.6. The SMILES string of the molecule is C=C1C(=CC=C2CCC[C@]3(C)[C@@H]([C@H](C)C=C[C@@H](O)C4(C5=N[C@H](c6ccccc6)CO5)CC4)CC[C@@H]23)C[C@@H](O[Si](C)(C)C(C)(C)C)C[C@@H]1O[Si](C)(C)C(C)(C)C. The van der Waals surface area contributed by atoms with Crippen LogP contribution in [-0.4, -0.2) is 52.6 Å². The van der Waals surface area contributed by atoms with Gasteiger partial charge < -0.3 is 18.7 Å². The zero-order valence-electron chi connectivity index (χ0n) is 36.6. The number of hydrogen-bond donors (Lipinski definition) is 1. The second-order valence-electron chi connectivity index (χ2n) is 21.4. The van der Waals surface area contributed by atoms with E-state index in [2.05, 4.69) is 130 Å². The highest BCUT2D eigenvalue weighted by Crippen LogP contribution is 2.60. The molecule has 4 saturated carbocycles. The maximum Gasteiger partial charge on any atom is 0.193 e. The molecule has 8 atom stereocenters. The Morgan fingerprint density at radius 3 is 2.22 bits per heavy atom. The van der Waals surface area contributed by atoms with Crippen LogP contribution in [0, 0.1) is 28.6 Å². The minimum absolute atomic E-state index is 0.00287. The van der Waals surface area contributed by atoms with Gasteiger partial charge in [-0.3, -0.25) is 0 Å². The number of ether oxygens (including phenoxy) is 1. The van der Waals surface area contributed by atoms with E-state index in [1.54, 1.807) is 5.57 Å². The van der Waals surface area contributed by atoms with E-state index >= 15 is 0 Å². The number of aliphatic hydroxyl groups excluding tert-OH is 1. The molecule has 4 aliphatic carbocycles. The average molecular weight is 786 g/mol. The summed E-state index contributed by atoms with van der Waals surface area (Å²) in [4.78, 5) is 4.98. The number of hydrogen-bond acceptors (Lipinski definition) is 5. The molecule has 0 spiro atoms. The first-order valence-electron chi connectivity index (χ1n) is 21.6. The van der Waals surface area contributed by atoms with Crippen LogP contribution < -0.4 is 0 Å². The average Bonchev–Trinajstić information content (AvgIpc) is 3.60. The van der Waals surface area contributed by atoms with E-state index in [0.29, 0.717) is 24.4 Å². The summed E-state index contributed by atoms with van der Waals surface area (Å²) in [5, 5.41) is 11.8. The smallest absolute Gasteiger partial charge is 0.193 e. The lowest BCUT2D eigenvalue weighted by Gasteiger charge is -2.45. The van der Waals surface area contributed by atoms with E-state index in [0.717, 1.165) is 37.2 Å². The zero-order valence-corrected chi connectivity index (χ0v) is 38.6. The summed E-state index contributed by atoms with van der Waals surface area (Å²) >= 11 is 0. The zero-order chi connectivity index (χ0) is 40.2. The van der Waals surface area contributed by atoms with Gasteiger partial charge in [-0.2, -0.15) is 0 Å². The maximum atomic E-state index is 11.6. The number of allylic oxidation sites excluding steroid dienone is 4. The van der Waals surface area contributed by atoms with Crippen LogP contribution in [0.4, 0.5) is 0 Å². The number of aliphatic hydroxyl groups is 1. The standard InChI is InChI=1S/C48H75NO4Si2/c1-33(21-26-43(50)48(28-29-48)44-49-41(32-51-44)36-18-15-14-16-19-36)39-24-25-40-35(20-17-27-47(39,40)9)22-23-37-30-38(52-54(10,11)45(3,4)5)31-42(34(37)2)53-55(12,13)46(6,7)8/h14-16,18-19,21-23,26,33,38-43,50H,2,17,20,24-25,27-32H2,1,3-13H3/t33-,38-,39-,40+,41+,42+,43-,47-/m1/s1. The Hall–Kier alpha value is -2.04. The molecule has 55 heavy (non-hydrogen) atoms. The summed E-state index contributed by atoms with van der Waals surface area (Å²) in [6, 6.07) is 10.4. The van der Waals surface area contributed by atoms with Crippen LogP contribution in [-0.2, 0) is 13.6 Å². The van der Waals surface area contributed by atoms with Crippen LogP contribution in [0.5, 0.6) is 0 Å². The van der Waals surface area contributed by atoms with Gasteiger partial charge in [0, 0.05) is 6.42 Å². The van der Waals surface area contributed by atoms with Crippen molar-refractivity contribution in [2.45, 2.75) is 174 Å². The van der Waals surface area contributed by atoms with Gasteiger partial charge >= 0.3 is 0 Å². The second kappa shape index (κ2) is 15.6. The van der Waals surface area contributed by atoms with E-state index in [4.69, 9.17) is 25.2 Å². The number of rotatable bonds is 11. The topological polar surface area (TPSA) is 60.3 Å². The molecular formula is C48H75NO4Si2. The van der Waals surface area contributed by atoms with Crippen LogP contribution in [0.3, 0.4) is 0 Å². The molecule has 304 valence electrons. The van der Waals surface area contributed by atoms with Gasteiger partial charge in [-0.1, -0.05) is 122 Å². The summed E-state index contributed by atoms with van der Waals surface area (Å²) in [6.45, 7) is 33.7. The first-order chi connectivity index (χ1) is 25.6. The Kier molecular flexibility index (Phi) is 12.1. The fourth-order valence-electron chi connectivity index (χ4n) is 9.77. The first-order valence-corrected chi connectivity index (χ1v) is 27.5. The van der Waals surface area contributed by atoms with Crippen molar-refractivity contribution in [3.8, 4) is 0 Å². The predicted octanol–water partition coefficient (Wildman–Crippen LogP) is 12.7. The molecule has 7 heteroatoms. The molecule has 0 amide bonds. The Labute approximate surface area is 337 Å². The fourth-order valence-corrected chi connectivity index (χ4v) is 12.4. The highest BCUT2D eigenvalue weighted by Gasteiger charge is 2.56. The molecule has 0 bridgehead atoms. The normalized spacial score (nSPS) is 32.8. The van der Waals surface area contributed by atoms with Crippen LogP contribution in [0.2, 0.25) is 36.3 Å². The lowest BCUT2D eigenvalue weighted by atomic mass is 9.61. The lowest BCUT2D eigenvalue weighted by molar-refractivity contribution is 0.0969. The van der Waals surface area contributed by atoms with Crippen molar-refractivity contribution < 1.29 is 18.7 Å². The third-order valence-electron chi connectivity index (χ3n) is 15.6. The van der Waals surface area contributed by atoms with E-state index < -0.39 is 22.7 Å². The minimum atomic E-state index is -2.01. The molecule has 0 aromatic heterocycles. The van der Waals surface area contributed by atoms with Crippen molar-refractivity contribution in [3.05, 3.63) is 83.5 Å². The quantitative estimate of drug-likeness (QED) is 0.179. The van der Waals surface area contributed by atoms with E-state index in [9.17, 15) is 5.11 Å². The van der Waals surface area contributed by atoms with Crippen LogP contribution >= 0.6 is 0 Å². The van der Waals surface area contributed by atoms with Crippen molar-refractivity contribution in [2.24, 2.45) is 33.6 Å². The summed E-state index contributed by atoms with van der Waals surface area (Å²) in [5.74, 6) is 2.32. The summed E-state index contributed by atoms with van der Waals surface area (Å²) in [5.41, 5.74) is 5.16. The van der Waals surface area contributed by atoms with Crippen molar-refractivity contribution >= 4 is 22.5 Å². The van der Waals surface area contributed by atoms with Crippen LogP contribution in [0.25, 0.3) is 0 Å². The molecule has 5 nitrogen and oxygen atoms in total. The number of fused-ring (bicyclic) bond motifs is 1. The molecule has 0 saturated heterocycles. The van der Waals surface area contributed by atoms with Gasteiger partial charge in [0.2, 0.25) is 0 Å². The molecule has 1 heterocycles. The molecule has 0 unspecified atom stereocenters. The van der Waals surface area contributed by atoms with Crippen molar-refractivity contribution in [3.63, 3.8) is 0 Å². The molecule has 1 N–H and O–H groups in total. The Balaban J connectivity index is 1.17. The molecule has 1 aromatic rings. The number of aliphatic imine (C=N–C) groups is 1.